The molecule has 0 amide bonds. The van der Waals surface area contributed by atoms with Crippen LogP contribution in [-0.4, -0.2) is 0 Å². The maximum atomic E-state index is 16.2. The van der Waals surface area contributed by atoms with E-state index in [-0.39, 0.29) is 11.1 Å². The lowest BCUT2D eigenvalue weighted by Crippen LogP contribution is -2.33. The monoisotopic (exact) mass is 678 g/mol. The van der Waals surface area contributed by atoms with Crippen molar-refractivity contribution < 1.29 is 35.1 Å². The van der Waals surface area contributed by atoms with Gasteiger partial charge in [-0.1, -0.05) is 121 Å². The summed E-state index contributed by atoms with van der Waals surface area (Å²) in [6, 6.07) is 29.9. The van der Waals surface area contributed by atoms with Crippen LogP contribution in [0.15, 0.2) is 133 Å². The summed E-state index contributed by atoms with van der Waals surface area (Å²) in [4.78, 5) is 0. The SMILES string of the molecule is FC1(F)c2ccccc2C(F)(F)c2cc(-c3c(-c4ccc5c(c4)C(F)(F)c4ccccc4C5(F)F)c4ccccc4c4ccccc34)ccc21. The Labute approximate surface area is 280 Å². The van der Waals surface area contributed by atoms with Gasteiger partial charge >= 0.3 is 0 Å². The molecule has 8 heteroatoms. The highest BCUT2D eigenvalue weighted by Gasteiger charge is 2.54. The molecule has 246 valence electrons. The van der Waals surface area contributed by atoms with Gasteiger partial charge in [-0.2, -0.15) is 35.1 Å². The molecule has 7 aromatic rings. The number of halogens is 8. The molecule has 2 aliphatic carbocycles. The molecule has 9 rings (SSSR count). The highest BCUT2D eigenvalue weighted by atomic mass is 19.3. The van der Waals surface area contributed by atoms with E-state index in [1.165, 1.54) is 36.4 Å². The summed E-state index contributed by atoms with van der Waals surface area (Å²) in [7, 11) is 0. The highest BCUT2D eigenvalue weighted by Crippen LogP contribution is 2.57. The van der Waals surface area contributed by atoms with Gasteiger partial charge in [-0.25, -0.2) is 0 Å². The summed E-state index contributed by atoms with van der Waals surface area (Å²) in [5, 5.41) is 2.47. The van der Waals surface area contributed by atoms with Crippen molar-refractivity contribution in [2.24, 2.45) is 0 Å². The minimum atomic E-state index is -3.79. The maximum Gasteiger partial charge on any atom is 0.299 e. The van der Waals surface area contributed by atoms with Crippen LogP contribution in [0.1, 0.15) is 44.5 Å². The zero-order chi connectivity index (χ0) is 34.8. The second-order valence-electron chi connectivity index (χ2n) is 12.8. The molecule has 50 heavy (non-hydrogen) atoms. The molecule has 2 aliphatic rings. The molecule has 0 bridgehead atoms. The van der Waals surface area contributed by atoms with E-state index in [9.17, 15) is 0 Å². The van der Waals surface area contributed by atoms with E-state index in [0.29, 0.717) is 32.7 Å². The minimum Gasteiger partial charge on any atom is -0.196 e. The molecule has 0 fully saturated rings. The number of benzene rings is 7. The predicted octanol–water partition coefficient (Wildman–Crippen LogP) is 12.5. The first-order valence-corrected chi connectivity index (χ1v) is 15.8. The summed E-state index contributed by atoms with van der Waals surface area (Å²) in [6.45, 7) is 0. The van der Waals surface area contributed by atoms with Gasteiger partial charge in [0.25, 0.3) is 23.7 Å². The molecule has 0 spiro atoms. The van der Waals surface area contributed by atoms with Crippen molar-refractivity contribution in [3.05, 3.63) is 178 Å². The maximum absolute atomic E-state index is 16.2. The summed E-state index contributed by atoms with van der Waals surface area (Å²) in [5.74, 6) is -15.0. The zero-order valence-electron chi connectivity index (χ0n) is 25.7. The Balaban J connectivity index is 1.37. The lowest BCUT2D eigenvalue weighted by molar-refractivity contribution is -0.0114. The molecule has 7 aromatic carbocycles. The quantitative estimate of drug-likeness (QED) is 0.126. The first-order chi connectivity index (χ1) is 23.8. The van der Waals surface area contributed by atoms with Crippen molar-refractivity contribution in [2.45, 2.75) is 23.7 Å². The van der Waals surface area contributed by atoms with E-state index >= 15 is 35.1 Å². The van der Waals surface area contributed by atoms with Gasteiger partial charge in [0.2, 0.25) is 0 Å². The smallest absolute Gasteiger partial charge is 0.196 e. The first-order valence-electron chi connectivity index (χ1n) is 15.8. The Morgan fingerprint density at radius 1 is 0.260 bits per heavy atom. The summed E-state index contributed by atoms with van der Waals surface area (Å²) < 4.78 is 128. The van der Waals surface area contributed by atoms with Crippen molar-refractivity contribution >= 4 is 21.5 Å². The van der Waals surface area contributed by atoms with Gasteiger partial charge in [-0.3, -0.25) is 0 Å². The molecule has 0 atom stereocenters. The number of alkyl halides is 8. The summed E-state index contributed by atoms with van der Waals surface area (Å²) >= 11 is 0. The lowest BCUT2D eigenvalue weighted by atomic mass is 9.77. The normalized spacial score (nSPS) is 17.4. The van der Waals surface area contributed by atoms with E-state index in [1.54, 1.807) is 36.4 Å². The molecule has 0 N–H and O–H groups in total. The molecule has 0 nitrogen and oxygen atoms in total. The van der Waals surface area contributed by atoms with Crippen LogP contribution in [0, 0.1) is 0 Å². The van der Waals surface area contributed by atoms with E-state index in [1.807, 2.05) is 12.1 Å². The summed E-state index contributed by atoms with van der Waals surface area (Å²) in [6.07, 6.45) is 0. The molecule has 0 radical (unpaired) electrons. The van der Waals surface area contributed by atoms with Crippen LogP contribution in [0.25, 0.3) is 43.8 Å². The van der Waals surface area contributed by atoms with Crippen LogP contribution in [0.5, 0.6) is 0 Å². The predicted molar refractivity (Wildman–Crippen MR) is 177 cm³/mol. The van der Waals surface area contributed by atoms with Crippen molar-refractivity contribution in [2.75, 3.05) is 0 Å². The number of hydrogen-bond donors (Lipinski definition) is 0. The molecule has 0 unspecified atom stereocenters. The van der Waals surface area contributed by atoms with Crippen LogP contribution >= 0.6 is 0 Å². The molecule has 0 aromatic heterocycles. The first kappa shape index (κ1) is 30.6. The van der Waals surface area contributed by atoms with Crippen molar-refractivity contribution in [3.8, 4) is 22.3 Å². The van der Waals surface area contributed by atoms with Crippen LogP contribution in [0.4, 0.5) is 35.1 Å². The van der Waals surface area contributed by atoms with Crippen molar-refractivity contribution in [1.82, 2.24) is 0 Å². The van der Waals surface area contributed by atoms with Gasteiger partial charge in [0.15, 0.2) is 0 Å². The van der Waals surface area contributed by atoms with Gasteiger partial charge in [0.05, 0.1) is 0 Å². The number of hydrogen-bond acceptors (Lipinski definition) is 0. The van der Waals surface area contributed by atoms with Crippen molar-refractivity contribution in [1.29, 1.82) is 0 Å². The fraction of sp³-hybridized carbons (Fsp3) is 0.0952. The second-order valence-corrected chi connectivity index (χ2v) is 12.8. The molecule has 0 heterocycles. The third-order valence-corrected chi connectivity index (χ3v) is 10.1. The van der Waals surface area contributed by atoms with Crippen LogP contribution in [0.3, 0.4) is 0 Å². The Kier molecular flexibility index (Phi) is 6.13. The van der Waals surface area contributed by atoms with Gasteiger partial charge in [0, 0.05) is 44.5 Å². The third kappa shape index (κ3) is 3.93. The largest absolute Gasteiger partial charge is 0.299 e. The van der Waals surface area contributed by atoms with Crippen LogP contribution in [0.2, 0.25) is 0 Å². The number of rotatable bonds is 2. The molecule has 0 aliphatic heterocycles. The second kappa shape index (κ2) is 10.0. The Hall–Kier alpha value is -5.50. The molecule has 0 saturated carbocycles. The van der Waals surface area contributed by atoms with Crippen LogP contribution in [-0.2, 0) is 23.7 Å². The standard InChI is InChI=1S/C42H22F8/c43-39(44)29-13-5-7-15-31(29)41(47,48)35-21-23(17-19-33(35)39)37-27-11-3-1-9-25(27)26-10-2-4-12-28(26)38(37)24-18-20-34-36(22-24)42(49,50)32-16-8-6-14-30(32)40(34,45)46/h1-22H. The van der Waals surface area contributed by atoms with Gasteiger partial charge < -0.3 is 0 Å². The lowest BCUT2D eigenvalue weighted by Gasteiger charge is -2.34. The zero-order valence-corrected chi connectivity index (χ0v) is 25.7. The van der Waals surface area contributed by atoms with Gasteiger partial charge in [0.1, 0.15) is 0 Å². The molecular weight excluding hydrogens is 656 g/mol. The van der Waals surface area contributed by atoms with E-state index < -0.39 is 68.2 Å². The van der Waals surface area contributed by atoms with Crippen LogP contribution < -0.4 is 0 Å². The third-order valence-electron chi connectivity index (χ3n) is 10.1. The van der Waals surface area contributed by atoms with E-state index in [4.69, 9.17) is 0 Å². The Morgan fingerprint density at radius 3 is 0.860 bits per heavy atom. The van der Waals surface area contributed by atoms with Gasteiger partial charge in [-0.05, 0) is 55.9 Å². The molecule has 0 saturated heterocycles. The average molecular weight is 679 g/mol. The topological polar surface area (TPSA) is 0 Å². The highest BCUT2D eigenvalue weighted by molar-refractivity contribution is 6.21. The Morgan fingerprint density at radius 2 is 0.520 bits per heavy atom. The van der Waals surface area contributed by atoms with E-state index in [2.05, 4.69) is 0 Å². The van der Waals surface area contributed by atoms with Crippen molar-refractivity contribution in [3.63, 3.8) is 0 Å². The van der Waals surface area contributed by atoms with Gasteiger partial charge in [-0.15, -0.1) is 0 Å². The fourth-order valence-corrected chi connectivity index (χ4v) is 7.85. The summed E-state index contributed by atoms with van der Waals surface area (Å²) in [5.41, 5.74) is -5.73. The molecular formula is C42H22F8. The average Bonchev–Trinajstić information content (AvgIpc) is 3.13. The fourth-order valence-electron chi connectivity index (χ4n) is 7.85. The van der Waals surface area contributed by atoms with E-state index in [0.717, 1.165) is 48.5 Å². The number of fused-ring (bicyclic) bond motifs is 7. The Bertz CT molecular complexity index is 2390. The minimum absolute atomic E-state index is 0.135.